The van der Waals surface area contributed by atoms with Gasteiger partial charge in [0.15, 0.2) is 0 Å². The molecule has 0 spiro atoms. The monoisotopic (exact) mass is 273 g/mol. The Morgan fingerprint density at radius 3 is 2.73 bits per heavy atom. The van der Waals surface area contributed by atoms with Gasteiger partial charge < -0.3 is 5.32 Å². The van der Waals surface area contributed by atoms with Crippen molar-refractivity contribution >= 4 is 21.8 Å². The summed E-state index contributed by atoms with van der Waals surface area (Å²) in [6.45, 7) is 3.74. The molecule has 4 heteroatoms. The predicted octanol–water partition coefficient (Wildman–Crippen LogP) is 2.66. The van der Waals surface area contributed by atoms with Crippen LogP contribution in [0, 0.1) is 5.82 Å². The minimum absolute atomic E-state index is 0.0796. The van der Waals surface area contributed by atoms with Crippen LogP contribution in [-0.2, 0) is 11.2 Å². The highest BCUT2D eigenvalue weighted by Crippen LogP contribution is 2.15. The fraction of sp³-hybridized carbons (Fsp3) is 0.364. The molecule has 0 aliphatic carbocycles. The van der Waals surface area contributed by atoms with Gasteiger partial charge in [-0.25, -0.2) is 4.39 Å². The molecule has 0 aromatic heterocycles. The topological polar surface area (TPSA) is 29.1 Å². The SMILES string of the molecule is CC(C)NC(=O)Cc1ccc(Br)cc1F. The van der Waals surface area contributed by atoms with Gasteiger partial charge in [-0.3, -0.25) is 4.79 Å². The van der Waals surface area contributed by atoms with Crippen molar-refractivity contribution in [1.29, 1.82) is 0 Å². The fourth-order valence-corrected chi connectivity index (χ4v) is 1.54. The van der Waals surface area contributed by atoms with E-state index in [0.717, 1.165) is 0 Å². The van der Waals surface area contributed by atoms with Crippen molar-refractivity contribution in [3.8, 4) is 0 Å². The summed E-state index contributed by atoms with van der Waals surface area (Å²) in [6, 6.07) is 4.77. The molecule has 0 heterocycles. The number of nitrogens with one attached hydrogen (secondary N) is 1. The van der Waals surface area contributed by atoms with Crippen LogP contribution in [0.1, 0.15) is 19.4 Å². The van der Waals surface area contributed by atoms with Crippen LogP contribution < -0.4 is 5.32 Å². The van der Waals surface area contributed by atoms with E-state index in [1.807, 2.05) is 13.8 Å². The lowest BCUT2D eigenvalue weighted by Crippen LogP contribution is -2.31. The first-order valence-electron chi connectivity index (χ1n) is 4.72. The van der Waals surface area contributed by atoms with E-state index >= 15 is 0 Å². The van der Waals surface area contributed by atoms with E-state index in [-0.39, 0.29) is 24.2 Å². The van der Waals surface area contributed by atoms with E-state index < -0.39 is 0 Å². The largest absolute Gasteiger partial charge is 0.354 e. The second kappa shape index (κ2) is 5.26. The Hall–Kier alpha value is -0.900. The highest BCUT2D eigenvalue weighted by molar-refractivity contribution is 9.10. The van der Waals surface area contributed by atoms with Crippen molar-refractivity contribution in [1.82, 2.24) is 5.32 Å². The van der Waals surface area contributed by atoms with Gasteiger partial charge in [-0.05, 0) is 31.5 Å². The molecule has 1 N–H and O–H groups in total. The molecule has 0 fully saturated rings. The van der Waals surface area contributed by atoms with Crippen molar-refractivity contribution in [3.05, 3.63) is 34.1 Å². The minimum atomic E-state index is -0.358. The standard InChI is InChI=1S/C11H13BrFNO/c1-7(2)14-11(15)5-8-3-4-9(12)6-10(8)13/h3-4,6-7H,5H2,1-2H3,(H,14,15). The number of hydrogen-bond donors (Lipinski definition) is 1. The fourth-order valence-electron chi connectivity index (χ4n) is 1.21. The average Bonchev–Trinajstić information content (AvgIpc) is 2.08. The second-order valence-electron chi connectivity index (χ2n) is 3.63. The first-order valence-corrected chi connectivity index (χ1v) is 5.51. The molecule has 1 amide bonds. The molecule has 0 atom stereocenters. The normalized spacial score (nSPS) is 10.5. The number of amides is 1. The average molecular weight is 274 g/mol. The number of rotatable bonds is 3. The van der Waals surface area contributed by atoms with Gasteiger partial charge in [-0.2, -0.15) is 0 Å². The smallest absolute Gasteiger partial charge is 0.224 e. The summed E-state index contributed by atoms with van der Waals surface area (Å²) in [4.78, 5) is 11.4. The van der Waals surface area contributed by atoms with Crippen LogP contribution in [0.5, 0.6) is 0 Å². The van der Waals surface area contributed by atoms with Crippen LogP contribution in [0.3, 0.4) is 0 Å². The van der Waals surface area contributed by atoms with Crippen LogP contribution >= 0.6 is 15.9 Å². The number of hydrogen-bond acceptors (Lipinski definition) is 1. The lowest BCUT2D eigenvalue weighted by Gasteiger charge is -2.08. The van der Waals surface area contributed by atoms with Crippen LogP contribution in [0.4, 0.5) is 4.39 Å². The Kier molecular flexibility index (Phi) is 4.27. The zero-order valence-corrected chi connectivity index (χ0v) is 10.3. The van der Waals surface area contributed by atoms with Gasteiger partial charge in [0.1, 0.15) is 5.82 Å². The van der Waals surface area contributed by atoms with Crippen molar-refractivity contribution in [3.63, 3.8) is 0 Å². The van der Waals surface area contributed by atoms with E-state index in [2.05, 4.69) is 21.2 Å². The molecule has 1 aromatic carbocycles. The predicted molar refractivity (Wildman–Crippen MR) is 61.1 cm³/mol. The molecule has 0 unspecified atom stereocenters. The van der Waals surface area contributed by atoms with Crippen LogP contribution in [-0.4, -0.2) is 11.9 Å². The van der Waals surface area contributed by atoms with E-state index in [4.69, 9.17) is 0 Å². The first kappa shape index (κ1) is 12.2. The Bertz CT molecular complexity index is 366. The van der Waals surface area contributed by atoms with Crippen molar-refractivity contribution in [2.24, 2.45) is 0 Å². The molecule has 82 valence electrons. The zero-order chi connectivity index (χ0) is 11.4. The molecule has 15 heavy (non-hydrogen) atoms. The lowest BCUT2D eigenvalue weighted by atomic mass is 10.1. The van der Waals surface area contributed by atoms with Crippen LogP contribution in [0.25, 0.3) is 0 Å². The Morgan fingerprint density at radius 1 is 1.53 bits per heavy atom. The maximum Gasteiger partial charge on any atom is 0.224 e. The first-order chi connectivity index (χ1) is 6.99. The third kappa shape index (κ3) is 4.00. The molecule has 0 aliphatic rings. The molecule has 1 rings (SSSR count). The summed E-state index contributed by atoms with van der Waals surface area (Å²) in [5.74, 6) is -0.519. The van der Waals surface area contributed by atoms with E-state index in [1.165, 1.54) is 6.07 Å². The molecule has 0 bridgehead atoms. The number of benzene rings is 1. The summed E-state index contributed by atoms with van der Waals surface area (Å²) in [7, 11) is 0. The molecular formula is C11H13BrFNO. The number of carbonyl (C=O) groups excluding carboxylic acids is 1. The van der Waals surface area contributed by atoms with Crippen molar-refractivity contribution in [2.45, 2.75) is 26.3 Å². The molecule has 0 saturated heterocycles. The summed E-state index contributed by atoms with van der Waals surface area (Å²) >= 11 is 3.16. The highest BCUT2D eigenvalue weighted by atomic mass is 79.9. The molecule has 1 aromatic rings. The molecule has 0 radical (unpaired) electrons. The van der Waals surface area contributed by atoms with Gasteiger partial charge >= 0.3 is 0 Å². The van der Waals surface area contributed by atoms with Gasteiger partial charge in [0, 0.05) is 10.5 Å². The Morgan fingerprint density at radius 2 is 2.20 bits per heavy atom. The van der Waals surface area contributed by atoms with E-state index in [0.29, 0.717) is 10.0 Å². The summed E-state index contributed by atoms with van der Waals surface area (Å²) in [6.07, 6.45) is 0.0806. The van der Waals surface area contributed by atoms with Gasteiger partial charge in [-0.15, -0.1) is 0 Å². The van der Waals surface area contributed by atoms with Gasteiger partial charge in [0.05, 0.1) is 6.42 Å². The third-order valence-corrected chi connectivity index (χ3v) is 2.31. The lowest BCUT2D eigenvalue weighted by molar-refractivity contribution is -0.120. The maximum absolute atomic E-state index is 13.3. The molecular weight excluding hydrogens is 261 g/mol. The van der Waals surface area contributed by atoms with Gasteiger partial charge in [0.2, 0.25) is 5.91 Å². The van der Waals surface area contributed by atoms with Gasteiger partial charge in [0.25, 0.3) is 0 Å². The molecule has 2 nitrogen and oxygen atoms in total. The maximum atomic E-state index is 13.3. The minimum Gasteiger partial charge on any atom is -0.354 e. The van der Waals surface area contributed by atoms with Crippen molar-refractivity contribution in [2.75, 3.05) is 0 Å². The van der Waals surface area contributed by atoms with Crippen molar-refractivity contribution < 1.29 is 9.18 Å². The Balaban J connectivity index is 2.68. The van der Waals surface area contributed by atoms with Crippen LogP contribution in [0.15, 0.2) is 22.7 Å². The molecule has 0 aliphatic heterocycles. The van der Waals surface area contributed by atoms with Gasteiger partial charge in [-0.1, -0.05) is 22.0 Å². The highest BCUT2D eigenvalue weighted by Gasteiger charge is 2.09. The summed E-state index contributed by atoms with van der Waals surface area (Å²) < 4.78 is 14.0. The third-order valence-electron chi connectivity index (χ3n) is 1.82. The number of carbonyl (C=O) groups is 1. The number of halogens is 2. The second-order valence-corrected chi connectivity index (χ2v) is 4.55. The zero-order valence-electron chi connectivity index (χ0n) is 8.68. The Labute approximate surface area is 97.0 Å². The van der Waals surface area contributed by atoms with Crippen LogP contribution in [0.2, 0.25) is 0 Å². The quantitative estimate of drug-likeness (QED) is 0.902. The summed E-state index contributed by atoms with van der Waals surface area (Å²) in [5.41, 5.74) is 0.413. The van der Waals surface area contributed by atoms with E-state index in [9.17, 15) is 9.18 Å². The summed E-state index contributed by atoms with van der Waals surface area (Å²) in [5, 5.41) is 2.72. The van der Waals surface area contributed by atoms with E-state index in [1.54, 1.807) is 12.1 Å². The molecule has 0 saturated carbocycles.